The molecular formula is C26H30FN3O2S. The highest BCUT2D eigenvalue weighted by Crippen LogP contribution is 2.20. The quantitative estimate of drug-likeness (QED) is 0.200. The molecule has 3 rings (SSSR count). The molecule has 0 amide bonds. The summed E-state index contributed by atoms with van der Waals surface area (Å²) in [5, 5.41) is 8.56. The first-order chi connectivity index (χ1) is 16.0. The van der Waals surface area contributed by atoms with Gasteiger partial charge in [0, 0.05) is 24.2 Å². The minimum absolute atomic E-state index is 0.160. The van der Waals surface area contributed by atoms with Gasteiger partial charge in [0.25, 0.3) is 0 Å². The van der Waals surface area contributed by atoms with Gasteiger partial charge in [-0.3, -0.25) is 9.48 Å². The van der Waals surface area contributed by atoms with E-state index in [4.69, 9.17) is 0 Å². The number of methoxy groups -OCH3 is 1. The van der Waals surface area contributed by atoms with E-state index in [1.807, 2.05) is 10.9 Å². The van der Waals surface area contributed by atoms with Gasteiger partial charge in [-0.1, -0.05) is 53.3 Å². The minimum Gasteiger partial charge on any atom is -0.469 e. The van der Waals surface area contributed by atoms with Gasteiger partial charge < -0.3 is 4.74 Å². The lowest BCUT2D eigenvalue weighted by atomic mass is 10.0. The lowest BCUT2D eigenvalue weighted by Crippen LogP contribution is -2.01. The second-order valence-corrected chi connectivity index (χ2v) is 9.03. The van der Waals surface area contributed by atoms with Gasteiger partial charge in [-0.05, 0) is 55.0 Å². The molecule has 0 aliphatic carbocycles. The van der Waals surface area contributed by atoms with Crippen molar-refractivity contribution in [3.8, 4) is 11.1 Å². The Labute approximate surface area is 199 Å². The summed E-state index contributed by atoms with van der Waals surface area (Å²) in [6, 6.07) is 14.9. The van der Waals surface area contributed by atoms with Gasteiger partial charge in [-0.2, -0.15) is 11.8 Å². The topological polar surface area (TPSA) is 57.0 Å². The van der Waals surface area contributed by atoms with Crippen molar-refractivity contribution in [3.63, 3.8) is 0 Å². The standard InChI is InChI=1S/C26H30FN3O2S/c1-20(14-17-33-18-15-26(31)32-2)13-16-30-19-25(28-29-30)12-5-21-3-6-22(7-4-21)23-8-10-24(27)11-9-23/h3-4,6-11,14,19H,5,12-13,15-18H2,1-2H3/b20-14+. The van der Waals surface area contributed by atoms with E-state index in [9.17, 15) is 9.18 Å². The summed E-state index contributed by atoms with van der Waals surface area (Å²) in [6.45, 7) is 2.92. The largest absolute Gasteiger partial charge is 0.469 e. The SMILES string of the molecule is COC(=O)CCSC/C=C(\C)CCn1cc(CCc2ccc(-c3ccc(F)cc3)cc2)nn1. The molecule has 174 valence electrons. The summed E-state index contributed by atoms with van der Waals surface area (Å²) < 4.78 is 19.6. The second kappa shape index (κ2) is 12.9. The molecule has 1 aromatic heterocycles. The Morgan fingerprint density at radius 3 is 2.45 bits per heavy atom. The van der Waals surface area contributed by atoms with Crippen LogP contribution in [0, 0.1) is 5.82 Å². The fourth-order valence-corrected chi connectivity index (χ4v) is 4.16. The molecule has 0 atom stereocenters. The number of carbonyl (C=O) groups is 1. The number of allylic oxidation sites excluding steroid dienone is 1. The van der Waals surface area contributed by atoms with Crippen molar-refractivity contribution < 1.29 is 13.9 Å². The van der Waals surface area contributed by atoms with Crippen LogP contribution < -0.4 is 0 Å². The number of aryl methyl sites for hydroxylation is 3. The molecule has 0 fully saturated rings. The maximum Gasteiger partial charge on any atom is 0.306 e. The number of hydrogen-bond donors (Lipinski definition) is 0. The molecule has 0 saturated carbocycles. The molecule has 0 saturated heterocycles. The number of benzene rings is 2. The molecule has 0 N–H and O–H groups in total. The van der Waals surface area contributed by atoms with Crippen LogP contribution in [0.3, 0.4) is 0 Å². The average Bonchev–Trinajstić information content (AvgIpc) is 3.30. The molecule has 33 heavy (non-hydrogen) atoms. The number of nitrogens with zero attached hydrogens (tertiary/aromatic N) is 3. The first-order valence-electron chi connectivity index (χ1n) is 11.1. The number of hydrogen-bond acceptors (Lipinski definition) is 5. The molecule has 3 aromatic rings. The van der Waals surface area contributed by atoms with Gasteiger partial charge in [0.05, 0.1) is 19.2 Å². The zero-order valence-corrected chi connectivity index (χ0v) is 20.0. The zero-order valence-electron chi connectivity index (χ0n) is 19.2. The number of carbonyl (C=O) groups excluding carboxylic acids is 1. The van der Waals surface area contributed by atoms with E-state index in [0.29, 0.717) is 6.42 Å². The number of rotatable bonds is 12. The Bertz CT molecular complexity index is 1050. The van der Waals surface area contributed by atoms with Crippen LogP contribution in [0.5, 0.6) is 0 Å². The summed E-state index contributed by atoms with van der Waals surface area (Å²) >= 11 is 1.73. The third kappa shape index (κ3) is 8.50. The van der Waals surface area contributed by atoms with Gasteiger partial charge >= 0.3 is 5.97 Å². The van der Waals surface area contributed by atoms with Crippen molar-refractivity contribution >= 4 is 17.7 Å². The van der Waals surface area contributed by atoms with E-state index in [1.54, 1.807) is 23.9 Å². The van der Waals surface area contributed by atoms with E-state index < -0.39 is 0 Å². The fraction of sp³-hybridized carbons (Fsp3) is 0.346. The van der Waals surface area contributed by atoms with Crippen molar-refractivity contribution in [2.45, 2.75) is 39.2 Å². The molecule has 5 nitrogen and oxygen atoms in total. The van der Waals surface area contributed by atoms with Gasteiger partial charge in [-0.15, -0.1) is 5.10 Å². The molecular weight excluding hydrogens is 437 g/mol. The molecule has 0 spiro atoms. The van der Waals surface area contributed by atoms with E-state index in [1.165, 1.54) is 30.4 Å². The van der Waals surface area contributed by atoms with Crippen LogP contribution in [0.25, 0.3) is 11.1 Å². The zero-order chi connectivity index (χ0) is 23.5. The second-order valence-electron chi connectivity index (χ2n) is 7.88. The summed E-state index contributed by atoms with van der Waals surface area (Å²) in [5.74, 6) is 1.29. The normalized spacial score (nSPS) is 11.5. The average molecular weight is 468 g/mol. The predicted octanol–water partition coefficient (Wildman–Crippen LogP) is 5.50. The van der Waals surface area contributed by atoms with Crippen molar-refractivity contribution in [1.82, 2.24) is 15.0 Å². The van der Waals surface area contributed by atoms with E-state index in [0.717, 1.165) is 54.1 Å². The Kier molecular flexibility index (Phi) is 9.69. The Balaban J connectivity index is 1.39. The lowest BCUT2D eigenvalue weighted by Gasteiger charge is -2.04. The summed E-state index contributed by atoms with van der Waals surface area (Å²) in [4.78, 5) is 11.1. The minimum atomic E-state index is -0.221. The molecule has 0 bridgehead atoms. The smallest absolute Gasteiger partial charge is 0.306 e. The summed E-state index contributed by atoms with van der Waals surface area (Å²) in [5.41, 5.74) is 5.61. The first kappa shape index (κ1) is 24.7. The Morgan fingerprint density at radius 1 is 1.06 bits per heavy atom. The van der Waals surface area contributed by atoms with E-state index in [2.05, 4.69) is 52.3 Å². The van der Waals surface area contributed by atoms with Crippen LogP contribution in [0.4, 0.5) is 4.39 Å². The van der Waals surface area contributed by atoms with E-state index >= 15 is 0 Å². The maximum absolute atomic E-state index is 13.1. The van der Waals surface area contributed by atoms with Crippen LogP contribution in [0.1, 0.15) is 31.0 Å². The summed E-state index contributed by atoms with van der Waals surface area (Å²) in [7, 11) is 1.42. The Morgan fingerprint density at radius 2 is 1.76 bits per heavy atom. The molecule has 7 heteroatoms. The van der Waals surface area contributed by atoms with E-state index in [-0.39, 0.29) is 11.8 Å². The highest BCUT2D eigenvalue weighted by molar-refractivity contribution is 7.99. The van der Waals surface area contributed by atoms with Crippen molar-refractivity contribution in [3.05, 3.63) is 83.5 Å². The number of halogens is 1. The molecule has 1 heterocycles. The van der Waals surface area contributed by atoms with Crippen LogP contribution in [-0.4, -0.2) is 39.6 Å². The number of thioether (sulfide) groups is 1. The maximum atomic E-state index is 13.1. The van der Waals surface area contributed by atoms with Gasteiger partial charge in [0.2, 0.25) is 0 Å². The van der Waals surface area contributed by atoms with Crippen LogP contribution in [-0.2, 0) is 28.9 Å². The predicted molar refractivity (Wildman–Crippen MR) is 132 cm³/mol. The van der Waals surface area contributed by atoms with Gasteiger partial charge in [0.15, 0.2) is 0 Å². The number of esters is 1. The fourth-order valence-electron chi connectivity index (χ4n) is 3.28. The van der Waals surface area contributed by atoms with Gasteiger partial charge in [-0.25, -0.2) is 4.39 Å². The van der Waals surface area contributed by atoms with Gasteiger partial charge in [0.1, 0.15) is 5.82 Å². The highest BCUT2D eigenvalue weighted by Gasteiger charge is 2.04. The lowest BCUT2D eigenvalue weighted by molar-refractivity contribution is -0.140. The van der Waals surface area contributed by atoms with Crippen molar-refractivity contribution in [2.75, 3.05) is 18.6 Å². The number of aromatic nitrogens is 3. The molecule has 2 aromatic carbocycles. The van der Waals surface area contributed by atoms with Crippen LogP contribution >= 0.6 is 11.8 Å². The first-order valence-corrected chi connectivity index (χ1v) is 12.2. The van der Waals surface area contributed by atoms with Crippen molar-refractivity contribution in [1.29, 1.82) is 0 Å². The molecule has 0 aliphatic rings. The molecule has 0 unspecified atom stereocenters. The third-order valence-corrected chi connectivity index (χ3v) is 6.25. The number of ether oxygens (including phenoxy) is 1. The summed E-state index contributed by atoms with van der Waals surface area (Å²) in [6.07, 6.45) is 7.33. The molecule has 0 radical (unpaired) electrons. The molecule has 0 aliphatic heterocycles. The Hall–Kier alpha value is -2.93. The van der Waals surface area contributed by atoms with Crippen LogP contribution in [0.15, 0.2) is 66.4 Å². The highest BCUT2D eigenvalue weighted by atomic mass is 32.2. The monoisotopic (exact) mass is 467 g/mol. The van der Waals surface area contributed by atoms with Crippen LogP contribution in [0.2, 0.25) is 0 Å². The van der Waals surface area contributed by atoms with Crippen molar-refractivity contribution in [2.24, 2.45) is 0 Å². The third-order valence-electron chi connectivity index (χ3n) is 5.35.